The Morgan fingerprint density at radius 2 is 1.54 bits per heavy atom. The Hall–Kier alpha value is -3.35. The molecule has 2 rings (SSSR count). The molecule has 0 saturated carbocycles. The summed E-state index contributed by atoms with van der Waals surface area (Å²) in [5, 5.41) is 11.1. The molecule has 0 atom stereocenters. The van der Waals surface area contributed by atoms with Gasteiger partial charge < -0.3 is 21.3 Å². The van der Waals surface area contributed by atoms with Gasteiger partial charge in [0, 0.05) is 35.1 Å². The van der Waals surface area contributed by atoms with E-state index in [2.05, 4.69) is 21.3 Å². The van der Waals surface area contributed by atoms with Crippen molar-refractivity contribution in [3.8, 4) is 0 Å². The zero-order chi connectivity index (χ0) is 20.7. The molecule has 0 unspecified atom stereocenters. The molecule has 0 aliphatic carbocycles. The van der Waals surface area contributed by atoms with Crippen LogP contribution in [0.25, 0.3) is 0 Å². The number of aryl methyl sites for hydroxylation is 1. The first kappa shape index (κ1) is 21.0. The monoisotopic (exact) mass is 382 g/mol. The van der Waals surface area contributed by atoms with Gasteiger partial charge in [-0.05, 0) is 62.7 Å². The van der Waals surface area contributed by atoms with Crippen molar-refractivity contribution in [1.82, 2.24) is 5.32 Å². The van der Waals surface area contributed by atoms with E-state index in [0.29, 0.717) is 29.0 Å². The fraction of sp³-hybridized carbons (Fsp3) is 0.286. The molecule has 0 aliphatic rings. The Kier molecular flexibility index (Phi) is 7.14. The van der Waals surface area contributed by atoms with Crippen LogP contribution in [0.2, 0.25) is 0 Å². The summed E-state index contributed by atoms with van der Waals surface area (Å²) >= 11 is 0. The third-order valence-electron chi connectivity index (χ3n) is 3.92. The van der Waals surface area contributed by atoms with Crippen molar-refractivity contribution in [3.63, 3.8) is 0 Å². The Morgan fingerprint density at radius 3 is 2.14 bits per heavy atom. The SMILES string of the molecule is CCC(=O)Nc1ccc(C)c(NC(=O)c2ccc(NC(=O)NC(C)C)cc2)c1. The predicted molar refractivity (Wildman–Crippen MR) is 112 cm³/mol. The molecular weight excluding hydrogens is 356 g/mol. The molecule has 2 aromatic rings. The van der Waals surface area contributed by atoms with Gasteiger partial charge in [-0.2, -0.15) is 0 Å². The van der Waals surface area contributed by atoms with Crippen LogP contribution < -0.4 is 21.3 Å². The molecule has 0 fully saturated rings. The number of anilines is 3. The van der Waals surface area contributed by atoms with E-state index in [1.54, 1.807) is 43.3 Å². The van der Waals surface area contributed by atoms with E-state index < -0.39 is 0 Å². The summed E-state index contributed by atoms with van der Waals surface area (Å²) in [6.45, 7) is 7.40. The highest BCUT2D eigenvalue weighted by Gasteiger charge is 2.10. The van der Waals surface area contributed by atoms with Crippen LogP contribution in [-0.2, 0) is 4.79 Å². The number of amides is 4. The van der Waals surface area contributed by atoms with Crippen LogP contribution >= 0.6 is 0 Å². The molecule has 0 aromatic heterocycles. The van der Waals surface area contributed by atoms with E-state index in [4.69, 9.17) is 0 Å². The Labute approximate surface area is 164 Å². The third kappa shape index (κ3) is 6.12. The molecule has 28 heavy (non-hydrogen) atoms. The van der Waals surface area contributed by atoms with E-state index in [9.17, 15) is 14.4 Å². The van der Waals surface area contributed by atoms with Crippen molar-refractivity contribution in [1.29, 1.82) is 0 Å². The van der Waals surface area contributed by atoms with Crippen molar-refractivity contribution >= 4 is 34.9 Å². The second-order valence-electron chi connectivity index (χ2n) is 6.72. The number of carbonyl (C=O) groups excluding carboxylic acids is 3. The second-order valence-corrected chi connectivity index (χ2v) is 6.72. The van der Waals surface area contributed by atoms with E-state index in [1.165, 1.54) is 0 Å². The lowest BCUT2D eigenvalue weighted by Gasteiger charge is -2.12. The molecule has 0 spiro atoms. The quantitative estimate of drug-likeness (QED) is 0.604. The summed E-state index contributed by atoms with van der Waals surface area (Å²) in [7, 11) is 0. The van der Waals surface area contributed by atoms with E-state index in [-0.39, 0.29) is 23.9 Å². The molecule has 7 nitrogen and oxygen atoms in total. The fourth-order valence-electron chi connectivity index (χ4n) is 2.41. The second kappa shape index (κ2) is 9.55. The zero-order valence-electron chi connectivity index (χ0n) is 16.6. The minimum absolute atomic E-state index is 0.0335. The molecule has 4 N–H and O–H groups in total. The normalized spacial score (nSPS) is 10.3. The lowest BCUT2D eigenvalue weighted by molar-refractivity contribution is -0.115. The standard InChI is InChI=1S/C21H26N4O3/c1-5-19(26)23-17-9-6-14(4)18(12-17)25-20(27)15-7-10-16(11-8-15)24-21(28)22-13(2)3/h6-13H,5H2,1-4H3,(H,23,26)(H,25,27)(H2,22,24,28). The number of urea groups is 1. The molecule has 0 bridgehead atoms. The van der Waals surface area contributed by atoms with Crippen LogP contribution in [0.5, 0.6) is 0 Å². The smallest absolute Gasteiger partial charge is 0.319 e. The summed E-state index contributed by atoms with van der Waals surface area (Å²) in [6.07, 6.45) is 0.380. The Morgan fingerprint density at radius 1 is 0.893 bits per heavy atom. The Bertz CT molecular complexity index is 860. The van der Waals surface area contributed by atoms with Crippen molar-refractivity contribution < 1.29 is 14.4 Å². The van der Waals surface area contributed by atoms with Gasteiger partial charge in [-0.15, -0.1) is 0 Å². The highest BCUT2D eigenvalue weighted by atomic mass is 16.2. The number of nitrogens with one attached hydrogen (secondary N) is 4. The topological polar surface area (TPSA) is 99.3 Å². The molecule has 0 saturated heterocycles. The molecule has 7 heteroatoms. The Balaban J connectivity index is 2.05. The summed E-state index contributed by atoms with van der Waals surface area (Å²) in [5.41, 5.74) is 3.18. The molecular formula is C21H26N4O3. The van der Waals surface area contributed by atoms with Gasteiger partial charge in [0.15, 0.2) is 0 Å². The van der Waals surface area contributed by atoms with Gasteiger partial charge in [-0.3, -0.25) is 9.59 Å². The van der Waals surface area contributed by atoms with Crippen molar-refractivity contribution in [2.24, 2.45) is 0 Å². The van der Waals surface area contributed by atoms with E-state index >= 15 is 0 Å². The van der Waals surface area contributed by atoms with Crippen LogP contribution in [0, 0.1) is 6.92 Å². The third-order valence-corrected chi connectivity index (χ3v) is 3.92. The predicted octanol–water partition coefficient (Wildman–Crippen LogP) is 4.13. The van der Waals surface area contributed by atoms with Crippen LogP contribution in [0.15, 0.2) is 42.5 Å². The maximum atomic E-state index is 12.5. The van der Waals surface area contributed by atoms with Crippen molar-refractivity contribution in [2.45, 2.75) is 40.2 Å². The number of hydrogen-bond donors (Lipinski definition) is 4. The van der Waals surface area contributed by atoms with Crippen LogP contribution in [0.4, 0.5) is 21.9 Å². The van der Waals surface area contributed by atoms with Crippen molar-refractivity contribution in [2.75, 3.05) is 16.0 Å². The minimum atomic E-state index is -0.297. The van der Waals surface area contributed by atoms with Crippen LogP contribution in [-0.4, -0.2) is 23.9 Å². The van der Waals surface area contributed by atoms with E-state index in [0.717, 1.165) is 5.56 Å². The first-order chi connectivity index (χ1) is 13.3. The molecule has 4 amide bonds. The fourth-order valence-corrected chi connectivity index (χ4v) is 2.41. The molecule has 0 heterocycles. The maximum Gasteiger partial charge on any atom is 0.319 e. The first-order valence-electron chi connectivity index (χ1n) is 9.18. The van der Waals surface area contributed by atoms with Gasteiger partial charge in [-0.25, -0.2) is 4.79 Å². The van der Waals surface area contributed by atoms with Gasteiger partial charge in [0.2, 0.25) is 5.91 Å². The average Bonchev–Trinajstić information content (AvgIpc) is 2.64. The maximum absolute atomic E-state index is 12.5. The molecule has 0 radical (unpaired) electrons. The zero-order valence-corrected chi connectivity index (χ0v) is 16.6. The number of hydrogen-bond acceptors (Lipinski definition) is 3. The van der Waals surface area contributed by atoms with Gasteiger partial charge in [0.05, 0.1) is 0 Å². The van der Waals surface area contributed by atoms with Crippen molar-refractivity contribution in [3.05, 3.63) is 53.6 Å². The summed E-state index contributed by atoms with van der Waals surface area (Å²) in [6, 6.07) is 11.7. The van der Waals surface area contributed by atoms with Crippen LogP contribution in [0.3, 0.4) is 0 Å². The lowest BCUT2D eigenvalue weighted by atomic mass is 10.1. The highest BCUT2D eigenvalue weighted by Crippen LogP contribution is 2.21. The highest BCUT2D eigenvalue weighted by molar-refractivity contribution is 6.05. The summed E-state index contributed by atoms with van der Waals surface area (Å²) in [4.78, 5) is 35.8. The first-order valence-corrected chi connectivity index (χ1v) is 9.18. The number of benzene rings is 2. The van der Waals surface area contributed by atoms with Gasteiger partial charge in [-0.1, -0.05) is 13.0 Å². The number of carbonyl (C=O) groups is 3. The van der Waals surface area contributed by atoms with Gasteiger partial charge in [0.25, 0.3) is 5.91 Å². The molecule has 2 aromatic carbocycles. The minimum Gasteiger partial charge on any atom is -0.336 e. The lowest BCUT2D eigenvalue weighted by Crippen LogP contribution is -2.34. The van der Waals surface area contributed by atoms with Gasteiger partial charge in [0.1, 0.15) is 0 Å². The summed E-state index contributed by atoms with van der Waals surface area (Å²) < 4.78 is 0. The van der Waals surface area contributed by atoms with Crippen LogP contribution in [0.1, 0.15) is 43.1 Å². The van der Waals surface area contributed by atoms with Gasteiger partial charge >= 0.3 is 6.03 Å². The summed E-state index contributed by atoms with van der Waals surface area (Å²) in [5.74, 6) is -0.369. The average molecular weight is 382 g/mol. The largest absolute Gasteiger partial charge is 0.336 e. The molecule has 0 aliphatic heterocycles. The number of rotatable bonds is 6. The molecule has 148 valence electrons. The van der Waals surface area contributed by atoms with E-state index in [1.807, 2.05) is 26.8 Å².